The Bertz CT molecular complexity index is 1610. The second-order valence-corrected chi connectivity index (χ2v) is 14.8. The van der Waals surface area contributed by atoms with Gasteiger partial charge in [0, 0.05) is 36.3 Å². The van der Waals surface area contributed by atoms with Crippen LogP contribution in [-0.2, 0) is 25.5 Å². The Morgan fingerprint density at radius 2 is 2.07 bits per heavy atom. The van der Waals surface area contributed by atoms with Crippen LogP contribution in [0.5, 0.6) is 0 Å². The lowest BCUT2D eigenvalue weighted by molar-refractivity contribution is -0.290. The maximum Gasteiger partial charge on any atom is 0.231 e. The quantitative estimate of drug-likeness (QED) is 0.423. The minimum atomic E-state index is -1.86. The van der Waals surface area contributed by atoms with E-state index in [0.717, 1.165) is 39.5 Å². The molecule has 44 heavy (non-hydrogen) atoms. The Hall–Kier alpha value is -2.95. The summed E-state index contributed by atoms with van der Waals surface area (Å²) in [4.78, 5) is 49.7. The van der Waals surface area contributed by atoms with E-state index in [-0.39, 0.29) is 23.8 Å². The van der Waals surface area contributed by atoms with E-state index < -0.39 is 47.0 Å². The highest BCUT2D eigenvalue weighted by Gasteiger charge is 2.73. The van der Waals surface area contributed by atoms with Crippen molar-refractivity contribution in [3.63, 3.8) is 0 Å². The smallest absolute Gasteiger partial charge is 0.231 e. The molecule has 1 aromatic heterocycles. The number of ketones is 1. The Morgan fingerprint density at radius 3 is 2.77 bits per heavy atom. The molecular formula is C34H41BrN4O5. The molecule has 9 nitrogen and oxygen atoms in total. The number of H-pyrrole nitrogens is 1. The molecule has 0 radical (unpaired) electrons. The fourth-order valence-corrected chi connectivity index (χ4v) is 9.26. The van der Waals surface area contributed by atoms with Crippen molar-refractivity contribution in [1.29, 1.82) is 0 Å². The third-order valence-electron chi connectivity index (χ3n) is 10.7. The minimum Gasteiger partial charge on any atom is -0.370 e. The Balaban J connectivity index is 1.26. The molecular weight excluding hydrogens is 624 g/mol. The van der Waals surface area contributed by atoms with Crippen molar-refractivity contribution in [2.45, 2.75) is 77.0 Å². The summed E-state index contributed by atoms with van der Waals surface area (Å²) < 4.78 is 7.49. The summed E-state index contributed by atoms with van der Waals surface area (Å²) in [7, 11) is 0. The first-order valence-electron chi connectivity index (χ1n) is 15.9. The topological polar surface area (TPSA) is 115 Å². The average molecular weight is 666 g/mol. The number of piperidine rings is 1. The highest BCUT2D eigenvalue weighted by atomic mass is 79.9. The fourth-order valence-electron chi connectivity index (χ4n) is 8.69. The van der Waals surface area contributed by atoms with Crippen molar-refractivity contribution >= 4 is 50.0 Å². The molecule has 1 unspecified atom stereocenters. The second-order valence-electron chi connectivity index (χ2n) is 14.0. The largest absolute Gasteiger partial charge is 0.370 e. The lowest BCUT2D eigenvalue weighted by Gasteiger charge is -2.47. The number of hydrogen-bond donors (Lipinski definition) is 3. The molecule has 5 heterocycles. The number of carbonyl (C=O) groups is 3. The van der Waals surface area contributed by atoms with Gasteiger partial charge in [-0.15, -0.1) is 0 Å². The Labute approximate surface area is 266 Å². The first kappa shape index (κ1) is 29.7. The van der Waals surface area contributed by atoms with Crippen LogP contribution in [0.1, 0.15) is 58.1 Å². The number of aliphatic hydroxyl groups is 1. The van der Waals surface area contributed by atoms with Crippen LogP contribution >= 0.6 is 15.9 Å². The molecule has 7 atom stereocenters. The maximum atomic E-state index is 14.5. The van der Waals surface area contributed by atoms with Crippen molar-refractivity contribution in [1.82, 2.24) is 20.1 Å². The molecule has 0 bridgehead atoms. The van der Waals surface area contributed by atoms with E-state index in [2.05, 4.69) is 49.8 Å². The predicted molar refractivity (Wildman–Crippen MR) is 170 cm³/mol. The standard InChI is InChI=1S/C34H41BrN4O5/c1-6-38-16-19(14-21-20-9-7-10-24-27(20)22(15-25(21)38)30(35)36-24)31(41)37-33(18(4)5)29(40)28-23(13-17(2)3)32(42)39-12-8-11-26(39)34(28,43)44-33/h6-7,9-10,14,17-19,23,25-26,28,36,43H,1,8,11-13,15-16H2,2-5H3,(H,37,41)/t19-,23-,25-,26+,28?,33-,34+/m1/s1. The zero-order valence-corrected chi connectivity index (χ0v) is 27.3. The SMILES string of the molecule is C=CN1C[C@H](C(=O)N[C@]2(C(C)C)O[C@]3(O)C(C2=O)[C@@H](CC(C)C)C(=O)N2CCC[C@H]23)C=C2c3cccc4[nH]c(Br)c(c34)C[C@H]21. The molecule has 7 rings (SSSR count). The van der Waals surface area contributed by atoms with E-state index in [1.807, 2.05) is 39.8 Å². The molecule has 5 aliphatic rings. The first-order valence-corrected chi connectivity index (χ1v) is 16.7. The van der Waals surface area contributed by atoms with Crippen LogP contribution in [0.25, 0.3) is 16.5 Å². The fraction of sp³-hybridized carbons (Fsp3) is 0.559. The maximum absolute atomic E-state index is 14.5. The number of fused-ring (bicyclic) bond motifs is 5. The zero-order valence-electron chi connectivity index (χ0n) is 25.7. The number of rotatable bonds is 6. The van der Waals surface area contributed by atoms with Crippen LogP contribution in [0.4, 0.5) is 0 Å². The van der Waals surface area contributed by atoms with Crippen molar-refractivity contribution < 1.29 is 24.2 Å². The molecule has 234 valence electrons. The van der Waals surface area contributed by atoms with E-state index >= 15 is 0 Å². The number of benzene rings is 1. The molecule has 3 N–H and O–H groups in total. The van der Waals surface area contributed by atoms with Crippen molar-refractivity contribution in [2.24, 2.45) is 29.6 Å². The third-order valence-corrected chi connectivity index (χ3v) is 11.4. The monoisotopic (exact) mass is 664 g/mol. The van der Waals surface area contributed by atoms with Crippen LogP contribution in [0, 0.1) is 29.6 Å². The second kappa shape index (κ2) is 10.3. The summed E-state index contributed by atoms with van der Waals surface area (Å²) in [5.74, 6) is -5.40. The van der Waals surface area contributed by atoms with Crippen LogP contribution in [0.2, 0.25) is 0 Å². The molecule has 1 aromatic carbocycles. The Kier molecular flexibility index (Phi) is 6.95. The molecule has 0 spiro atoms. The molecule has 2 aromatic rings. The van der Waals surface area contributed by atoms with Crippen molar-refractivity contribution in [3.05, 3.63) is 52.8 Å². The lowest BCUT2D eigenvalue weighted by Crippen LogP contribution is -2.64. The molecule has 1 aliphatic carbocycles. The van der Waals surface area contributed by atoms with Crippen LogP contribution in [0.15, 0.2) is 41.7 Å². The van der Waals surface area contributed by atoms with Crippen molar-refractivity contribution in [3.8, 4) is 0 Å². The number of aromatic amines is 1. The van der Waals surface area contributed by atoms with Gasteiger partial charge in [-0.1, -0.05) is 52.5 Å². The number of nitrogens with zero attached hydrogens (tertiary/aromatic N) is 2. The van der Waals surface area contributed by atoms with E-state index in [9.17, 15) is 19.5 Å². The zero-order chi connectivity index (χ0) is 31.3. The van der Waals surface area contributed by atoms with Gasteiger partial charge < -0.3 is 29.9 Å². The number of halogens is 1. The summed E-state index contributed by atoms with van der Waals surface area (Å²) in [5.41, 5.74) is 2.60. The highest BCUT2D eigenvalue weighted by Crippen LogP contribution is 2.54. The highest BCUT2D eigenvalue weighted by molar-refractivity contribution is 9.10. The summed E-state index contributed by atoms with van der Waals surface area (Å²) >= 11 is 3.70. The normalized spacial score (nSPS) is 34.4. The molecule has 2 amide bonds. The number of ether oxygens (including phenoxy) is 1. The summed E-state index contributed by atoms with van der Waals surface area (Å²) in [5, 5.41) is 16.4. The molecule has 0 saturated carbocycles. The molecule has 4 aliphatic heterocycles. The average Bonchev–Trinajstić information content (AvgIpc) is 3.66. The summed E-state index contributed by atoms with van der Waals surface area (Å²) in [6, 6.07) is 5.55. The number of amides is 2. The number of nitrogens with one attached hydrogen (secondary N) is 2. The molecule has 3 fully saturated rings. The summed E-state index contributed by atoms with van der Waals surface area (Å²) in [6.07, 6.45) is 6.32. The molecule has 3 saturated heterocycles. The van der Waals surface area contributed by atoms with Gasteiger partial charge in [0.25, 0.3) is 0 Å². The van der Waals surface area contributed by atoms with Crippen LogP contribution in [-0.4, -0.2) is 74.2 Å². The Morgan fingerprint density at radius 1 is 1.30 bits per heavy atom. The van der Waals surface area contributed by atoms with E-state index in [0.29, 0.717) is 25.9 Å². The van der Waals surface area contributed by atoms with Gasteiger partial charge in [0.05, 0.1) is 34.4 Å². The van der Waals surface area contributed by atoms with Crippen LogP contribution < -0.4 is 5.32 Å². The van der Waals surface area contributed by atoms with Crippen molar-refractivity contribution in [2.75, 3.05) is 13.1 Å². The predicted octanol–water partition coefficient (Wildman–Crippen LogP) is 4.35. The number of hydrogen-bond acceptors (Lipinski definition) is 6. The van der Waals surface area contributed by atoms with Gasteiger partial charge in [-0.2, -0.15) is 0 Å². The van der Waals surface area contributed by atoms with E-state index in [1.165, 1.54) is 5.56 Å². The van der Waals surface area contributed by atoms with Gasteiger partial charge >= 0.3 is 0 Å². The lowest BCUT2D eigenvalue weighted by atomic mass is 9.70. The number of carbonyl (C=O) groups excluding carboxylic acids is 3. The third kappa shape index (κ3) is 4.06. The summed E-state index contributed by atoms with van der Waals surface area (Å²) in [6.45, 7) is 12.7. The molecule has 10 heteroatoms. The van der Waals surface area contributed by atoms with Gasteiger partial charge in [0.2, 0.25) is 17.5 Å². The van der Waals surface area contributed by atoms with Gasteiger partial charge in [0.15, 0.2) is 11.6 Å². The van der Waals surface area contributed by atoms with E-state index in [4.69, 9.17) is 4.74 Å². The minimum absolute atomic E-state index is 0.0184. The van der Waals surface area contributed by atoms with E-state index in [1.54, 1.807) is 11.1 Å². The number of Topliss-reactive ketones (excluding diaryl/α,β-unsaturated/α-hetero) is 1. The van der Waals surface area contributed by atoms with Gasteiger partial charge in [-0.25, -0.2) is 0 Å². The van der Waals surface area contributed by atoms with Gasteiger partial charge in [-0.3, -0.25) is 14.4 Å². The van der Waals surface area contributed by atoms with Crippen LogP contribution in [0.3, 0.4) is 0 Å². The first-order chi connectivity index (χ1) is 20.9. The van der Waals surface area contributed by atoms with Gasteiger partial charge in [0.1, 0.15) is 0 Å². The van der Waals surface area contributed by atoms with Gasteiger partial charge in [-0.05, 0) is 70.1 Å². The number of aromatic nitrogens is 1.